The van der Waals surface area contributed by atoms with Crippen LogP contribution in [0.15, 0.2) is 18.2 Å². The molecule has 6 heteroatoms. The molecule has 0 radical (unpaired) electrons. The van der Waals surface area contributed by atoms with Crippen molar-refractivity contribution in [1.82, 2.24) is 5.32 Å². The summed E-state index contributed by atoms with van der Waals surface area (Å²) in [5, 5.41) is 13.3. The lowest BCUT2D eigenvalue weighted by atomic mass is 10.1. The highest BCUT2D eigenvalue weighted by Gasteiger charge is 2.17. The quantitative estimate of drug-likeness (QED) is 0.476. The zero-order valence-corrected chi connectivity index (χ0v) is 9.73. The van der Waals surface area contributed by atoms with E-state index in [0.29, 0.717) is 24.3 Å². The first kappa shape index (κ1) is 13.1. The van der Waals surface area contributed by atoms with Gasteiger partial charge in [0.25, 0.3) is 11.6 Å². The van der Waals surface area contributed by atoms with Crippen molar-refractivity contribution in [2.75, 3.05) is 20.3 Å². The van der Waals surface area contributed by atoms with E-state index < -0.39 is 4.92 Å². The molecule has 0 bridgehead atoms. The highest BCUT2D eigenvalue weighted by Crippen LogP contribution is 2.20. The lowest BCUT2D eigenvalue weighted by Gasteiger charge is -2.07. The first-order chi connectivity index (χ1) is 8.07. The van der Waals surface area contributed by atoms with Crippen LogP contribution in [0.3, 0.4) is 0 Å². The van der Waals surface area contributed by atoms with Crippen LogP contribution in [-0.4, -0.2) is 31.1 Å². The molecule has 92 valence electrons. The molecule has 0 saturated carbocycles. The average molecular weight is 238 g/mol. The van der Waals surface area contributed by atoms with Gasteiger partial charge in [-0.3, -0.25) is 14.9 Å². The summed E-state index contributed by atoms with van der Waals surface area (Å²) in [6, 6.07) is 4.43. The van der Waals surface area contributed by atoms with Crippen LogP contribution in [0.5, 0.6) is 0 Å². The topological polar surface area (TPSA) is 81.5 Å². The highest BCUT2D eigenvalue weighted by atomic mass is 16.6. The minimum absolute atomic E-state index is 0.0515. The summed E-state index contributed by atoms with van der Waals surface area (Å²) in [5.74, 6) is -0.330. The van der Waals surface area contributed by atoms with Gasteiger partial charge in [0.2, 0.25) is 0 Å². The Hall–Kier alpha value is -1.95. The predicted octanol–water partition coefficient (Wildman–Crippen LogP) is 1.28. The SMILES string of the molecule is COCCNC(=O)c1cccc([N+](=O)[O-])c1C. The monoisotopic (exact) mass is 238 g/mol. The third kappa shape index (κ3) is 3.25. The number of hydrogen-bond donors (Lipinski definition) is 1. The Morgan fingerprint density at radius 3 is 2.82 bits per heavy atom. The largest absolute Gasteiger partial charge is 0.383 e. The summed E-state index contributed by atoms with van der Waals surface area (Å²) in [7, 11) is 1.53. The highest BCUT2D eigenvalue weighted by molar-refractivity contribution is 5.96. The second-order valence-corrected chi connectivity index (χ2v) is 3.46. The fraction of sp³-hybridized carbons (Fsp3) is 0.364. The molecule has 1 aromatic rings. The number of nitro benzene ring substituents is 1. The first-order valence-electron chi connectivity index (χ1n) is 5.09. The Morgan fingerprint density at radius 2 is 2.24 bits per heavy atom. The Morgan fingerprint density at radius 1 is 1.53 bits per heavy atom. The average Bonchev–Trinajstić information content (AvgIpc) is 2.29. The standard InChI is InChI=1S/C11H14N2O4/c1-8-9(11(14)12-6-7-17-2)4-3-5-10(8)13(15)16/h3-5H,6-7H2,1-2H3,(H,12,14). The molecule has 0 heterocycles. The summed E-state index contributed by atoms with van der Waals surface area (Å²) in [5.41, 5.74) is 0.632. The van der Waals surface area contributed by atoms with Crippen molar-refractivity contribution in [3.63, 3.8) is 0 Å². The number of ether oxygens (including phenoxy) is 1. The molecule has 0 saturated heterocycles. The number of amides is 1. The molecule has 0 atom stereocenters. The molecule has 0 aliphatic rings. The van der Waals surface area contributed by atoms with Gasteiger partial charge in [0.05, 0.1) is 11.5 Å². The second kappa shape index (κ2) is 5.95. The molecule has 17 heavy (non-hydrogen) atoms. The van der Waals surface area contributed by atoms with Crippen molar-refractivity contribution < 1.29 is 14.5 Å². The predicted molar refractivity (Wildman–Crippen MR) is 62.0 cm³/mol. The van der Waals surface area contributed by atoms with E-state index in [1.165, 1.54) is 19.2 Å². The second-order valence-electron chi connectivity index (χ2n) is 3.46. The zero-order valence-electron chi connectivity index (χ0n) is 9.73. The number of carbonyl (C=O) groups excluding carboxylic acids is 1. The van der Waals surface area contributed by atoms with Gasteiger partial charge in [0.1, 0.15) is 0 Å². The number of benzene rings is 1. The number of methoxy groups -OCH3 is 1. The molecule has 1 rings (SSSR count). The van der Waals surface area contributed by atoms with E-state index in [1.807, 2.05) is 0 Å². The van der Waals surface area contributed by atoms with Crippen LogP contribution in [0.1, 0.15) is 15.9 Å². The van der Waals surface area contributed by atoms with Crippen molar-refractivity contribution in [2.45, 2.75) is 6.92 Å². The van der Waals surface area contributed by atoms with Crippen LogP contribution < -0.4 is 5.32 Å². The number of nitro groups is 1. The van der Waals surface area contributed by atoms with E-state index in [4.69, 9.17) is 4.74 Å². The fourth-order valence-electron chi connectivity index (χ4n) is 1.43. The molecule has 0 spiro atoms. The maximum absolute atomic E-state index is 11.7. The Labute approximate surface area is 98.7 Å². The first-order valence-corrected chi connectivity index (χ1v) is 5.09. The van der Waals surface area contributed by atoms with Crippen molar-refractivity contribution in [3.8, 4) is 0 Å². The molecular weight excluding hydrogens is 224 g/mol. The van der Waals surface area contributed by atoms with E-state index in [1.54, 1.807) is 13.0 Å². The van der Waals surface area contributed by atoms with Gasteiger partial charge >= 0.3 is 0 Å². The summed E-state index contributed by atoms with van der Waals surface area (Å²) >= 11 is 0. The molecule has 1 amide bonds. The maximum Gasteiger partial charge on any atom is 0.273 e. The van der Waals surface area contributed by atoms with E-state index >= 15 is 0 Å². The van der Waals surface area contributed by atoms with Crippen molar-refractivity contribution in [1.29, 1.82) is 0 Å². The molecular formula is C11H14N2O4. The number of hydrogen-bond acceptors (Lipinski definition) is 4. The van der Waals surface area contributed by atoms with Crippen molar-refractivity contribution in [2.24, 2.45) is 0 Å². The van der Waals surface area contributed by atoms with Crippen molar-refractivity contribution in [3.05, 3.63) is 39.4 Å². The summed E-state index contributed by atoms with van der Waals surface area (Å²) in [6.45, 7) is 2.33. The molecule has 1 aromatic carbocycles. The summed E-state index contributed by atoms with van der Waals surface area (Å²) < 4.78 is 4.80. The van der Waals surface area contributed by atoms with Crippen molar-refractivity contribution >= 4 is 11.6 Å². The maximum atomic E-state index is 11.7. The molecule has 0 aliphatic heterocycles. The molecule has 0 aliphatic carbocycles. The lowest BCUT2D eigenvalue weighted by molar-refractivity contribution is -0.385. The third-order valence-electron chi connectivity index (χ3n) is 2.34. The van der Waals surface area contributed by atoms with Gasteiger partial charge < -0.3 is 10.1 Å². The van der Waals surface area contributed by atoms with E-state index in [-0.39, 0.29) is 11.6 Å². The van der Waals surface area contributed by atoms with Crippen LogP contribution in [0.4, 0.5) is 5.69 Å². The normalized spacial score (nSPS) is 10.0. The minimum Gasteiger partial charge on any atom is -0.383 e. The Kier molecular flexibility index (Phi) is 4.59. The van der Waals surface area contributed by atoms with Gasteiger partial charge in [0.15, 0.2) is 0 Å². The van der Waals surface area contributed by atoms with E-state index in [9.17, 15) is 14.9 Å². The summed E-state index contributed by atoms with van der Waals surface area (Å²) in [4.78, 5) is 21.9. The number of rotatable bonds is 5. The van der Waals surface area contributed by atoms with Crippen LogP contribution >= 0.6 is 0 Å². The molecule has 6 nitrogen and oxygen atoms in total. The van der Waals surface area contributed by atoms with Gasteiger partial charge in [-0.1, -0.05) is 6.07 Å². The van der Waals surface area contributed by atoms with Gasteiger partial charge in [-0.05, 0) is 13.0 Å². The minimum atomic E-state index is -0.499. The van der Waals surface area contributed by atoms with Gasteiger partial charge in [0, 0.05) is 30.8 Å². The fourth-order valence-corrected chi connectivity index (χ4v) is 1.43. The molecule has 0 unspecified atom stereocenters. The Bertz CT molecular complexity index is 431. The van der Waals surface area contributed by atoms with Crippen LogP contribution in [0, 0.1) is 17.0 Å². The number of nitrogens with one attached hydrogen (secondary N) is 1. The lowest BCUT2D eigenvalue weighted by Crippen LogP contribution is -2.27. The molecule has 0 fully saturated rings. The van der Waals surface area contributed by atoms with Gasteiger partial charge in [-0.2, -0.15) is 0 Å². The molecule has 0 aromatic heterocycles. The zero-order chi connectivity index (χ0) is 12.8. The van der Waals surface area contributed by atoms with Crippen LogP contribution in [-0.2, 0) is 4.74 Å². The smallest absolute Gasteiger partial charge is 0.273 e. The van der Waals surface area contributed by atoms with Crippen LogP contribution in [0.25, 0.3) is 0 Å². The van der Waals surface area contributed by atoms with Gasteiger partial charge in [-0.25, -0.2) is 0 Å². The number of nitrogens with zero attached hydrogens (tertiary/aromatic N) is 1. The van der Waals surface area contributed by atoms with Gasteiger partial charge in [-0.15, -0.1) is 0 Å². The van der Waals surface area contributed by atoms with E-state index in [0.717, 1.165) is 0 Å². The van der Waals surface area contributed by atoms with Crippen LogP contribution in [0.2, 0.25) is 0 Å². The number of carbonyl (C=O) groups is 1. The van der Waals surface area contributed by atoms with E-state index in [2.05, 4.69) is 5.32 Å². The molecule has 1 N–H and O–H groups in total. The summed E-state index contributed by atoms with van der Waals surface area (Å²) in [6.07, 6.45) is 0. The third-order valence-corrected chi connectivity index (χ3v) is 2.34. The Balaban J connectivity index is 2.87.